The van der Waals surface area contributed by atoms with Crippen molar-refractivity contribution in [2.45, 2.75) is 31.7 Å². The monoisotopic (exact) mass is 310 g/mol. The minimum atomic E-state index is 0.681. The van der Waals surface area contributed by atoms with E-state index in [0.717, 1.165) is 42.6 Å². The minimum Gasteiger partial charge on any atom is -0.457 e. The van der Waals surface area contributed by atoms with Gasteiger partial charge in [-0.15, -0.1) is 0 Å². The molecule has 3 rings (SSSR count). The molecule has 0 radical (unpaired) electrons. The topological polar surface area (TPSA) is 51.2 Å². The number of halogens is 1. The van der Waals surface area contributed by atoms with Crippen LogP contribution in [-0.4, -0.2) is 17.6 Å². The summed E-state index contributed by atoms with van der Waals surface area (Å²) in [5.41, 5.74) is 0.907. The van der Waals surface area contributed by atoms with Crippen LogP contribution < -0.4 is 5.32 Å². The third kappa shape index (κ3) is 2.84. The number of nitrogens with zero attached hydrogens (tertiary/aromatic N) is 1. The van der Waals surface area contributed by atoms with Crippen molar-refractivity contribution in [3.63, 3.8) is 0 Å². The number of furan rings is 1. The molecule has 5 heteroatoms. The van der Waals surface area contributed by atoms with Crippen molar-refractivity contribution in [3.8, 4) is 11.3 Å². The first-order valence-electron chi connectivity index (χ1n) is 6.24. The van der Waals surface area contributed by atoms with Crippen LogP contribution in [0.25, 0.3) is 11.3 Å². The lowest BCUT2D eigenvalue weighted by atomic mass is 10.3. The number of nitrogens with one attached hydrogen (secondary N) is 1. The van der Waals surface area contributed by atoms with Gasteiger partial charge in [0.25, 0.3) is 0 Å². The largest absolute Gasteiger partial charge is 0.457 e. The Hall–Kier alpha value is -1.07. The molecule has 0 aliphatic heterocycles. The normalized spacial score (nSPS) is 15.2. The van der Waals surface area contributed by atoms with Gasteiger partial charge in [0.1, 0.15) is 0 Å². The summed E-state index contributed by atoms with van der Waals surface area (Å²) in [5.74, 6) is 1.54. The van der Waals surface area contributed by atoms with E-state index in [-0.39, 0.29) is 0 Å². The van der Waals surface area contributed by atoms with Crippen LogP contribution in [0.5, 0.6) is 0 Å². The lowest BCUT2D eigenvalue weighted by Crippen LogP contribution is -2.17. The second-order valence-electron chi connectivity index (χ2n) is 4.56. The van der Waals surface area contributed by atoms with Crippen LogP contribution in [0.2, 0.25) is 0 Å². The number of aromatic nitrogens is 1. The van der Waals surface area contributed by atoms with E-state index in [4.69, 9.17) is 8.83 Å². The van der Waals surface area contributed by atoms with Crippen LogP contribution in [-0.2, 0) is 6.42 Å². The molecule has 2 aromatic heterocycles. The minimum absolute atomic E-state index is 0.681. The summed E-state index contributed by atoms with van der Waals surface area (Å²) >= 11 is 3.33. The third-order valence-corrected chi connectivity index (χ3v) is 3.63. The molecule has 0 aromatic carbocycles. The van der Waals surface area contributed by atoms with Crippen molar-refractivity contribution in [1.82, 2.24) is 10.3 Å². The smallest absolute Gasteiger partial charge is 0.194 e. The quantitative estimate of drug-likeness (QED) is 0.831. The third-order valence-electron chi connectivity index (χ3n) is 3.01. The van der Waals surface area contributed by atoms with E-state index in [1.54, 1.807) is 12.5 Å². The van der Waals surface area contributed by atoms with Gasteiger partial charge in [-0.3, -0.25) is 0 Å². The van der Waals surface area contributed by atoms with Gasteiger partial charge in [0.05, 0.1) is 18.0 Å². The summed E-state index contributed by atoms with van der Waals surface area (Å²) in [6.45, 7) is 1.04. The molecule has 0 bridgehead atoms. The molecule has 1 aliphatic carbocycles. The molecule has 1 fully saturated rings. The Morgan fingerprint density at radius 2 is 2.33 bits per heavy atom. The fourth-order valence-corrected chi connectivity index (χ4v) is 2.29. The Morgan fingerprint density at radius 3 is 3.06 bits per heavy atom. The first-order valence-corrected chi connectivity index (χ1v) is 7.03. The van der Waals surface area contributed by atoms with Gasteiger partial charge < -0.3 is 14.2 Å². The Balaban J connectivity index is 1.54. The molecule has 4 nitrogen and oxygen atoms in total. The van der Waals surface area contributed by atoms with Gasteiger partial charge in [0.2, 0.25) is 0 Å². The van der Waals surface area contributed by atoms with E-state index >= 15 is 0 Å². The van der Waals surface area contributed by atoms with Crippen molar-refractivity contribution in [2.75, 3.05) is 6.54 Å². The van der Waals surface area contributed by atoms with Crippen LogP contribution in [0.1, 0.15) is 25.2 Å². The standard InChI is InChI=1S/C13H15BrN2O2/c14-13-10(5-7-17-13)11-8-16-12(18-11)2-1-6-15-9-3-4-9/h5,7-9,15H,1-4,6H2. The van der Waals surface area contributed by atoms with E-state index in [1.165, 1.54) is 12.8 Å². The fraction of sp³-hybridized carbons (Fsp3) is 0.462. The average molecular weight is 311 g/mol. The lowest BCUT2D eigenvalue weighted by Gasteiger charge is -1.99. The molecule has 0 amide bonds. The maximum Gasteiger partial charge on any atom is 0.194 e. The highest BCUT2D eigenvalue weighted by Crippen LogP contribution is 2.29. The molecule has 1 aliphatic rings. The SMILES string of the molecule is Brc1occc1-c1cnc(CCCNC2CC2)o1. The zero-order valence-electron chi connectivity index (χ0n) is 9.99. The van der Waals surface area contributed by atoms with Crippen molar-refractivity contribution in [1.29, 1.82) is 0 Å². The first-order chi connectivity index (χ1) is 8.83. The van der Waals surface area contributed by atoms with Crippen LogP contribution in [0, 0.1) is 0 Å². The lowest BCUT2D eigenvalue weighted by molar-refractivity contribution is 0.489. The molecule has 0 atom stereocenters. The highest BCUT2D eigenvalue weighted by Gasteiger charge is 2.19. The highest BCUT2D eigenvalue weighted by atomic mass is 79.9. The van der Waals surface area contributed by atoms with Crippen molar-refractivity contribution >= 4 is 15.9 Å². The molecule has 0 unspecified atom stereocenters. The Labute approximate surface area is 114 Å². The Morgan fingerprint density at radius 1 is 1.44 bits per heavy atom. The van der Waals surface area contributed by atoms with Gasteiger partial charge in [-0.05, 0) is 47.8 Å². The van der Waals surface area contributed by atoms with Gasteiger partial charge in [-0.1, -0.05) is 0 Å². The molecule has 1 saturated carbocycles. The summed E-state index contributed by atoms with van der Waals surface area (Å²) in [6, 6.07) is 2.63. The molecule has 18 heavy (non-hydrogen) atoms. The van der Waals surface area contributed by atoms with Gasteiger partial charge in [-0.25, -0.2) is 4.98 Å². The summed E-state index contributed by atoms with van der Waals surface area (Å²) < 4.78 is 11.6. The van der Waals surface area contributed by atoms with Crippen LogP contribution in [0.3, 0.4) is 0 Å². The second kappa shape index (κ2) is 5.28. The Kier molecular flexibility index (Phi) is 3.52. The van der Waals surface area contributed by atoms with E-state index < -0.39 is 0 Å². The van der Waals surface area contributed by atoms with Gasteiger partial charge in [-0.2, -0.15) is 0 Å². The van der Waals surface area contributed by atoms with E-state index in [9.17, 15) is 0 Å². The second-order valence-corrected chi connectivity index (χ2v) is 5.28. The molecule has 2 heterocycles. The first kappa shape index (κ1) is 12.0. The molecular weight excluding hydrogens is 296 g/mol. The zero-order chi connectivity index (χ0) is 12.4. The summed E-state index contributed by atoms with van der Waals surface area (Å²) in [7, 11) is 0. The predicted octanol–water partition coefficient (Wildman–Crippen LogP) is 3.38. The van der Waals surface area contributed by atoms with Gasteiger partial charge in [0.15, 0.2) is 16.3 Å². The van der Waals surface area contributed by atoms with E-state index in [2.05, 4.69) is 26.2 Å². The van der Waals surface area contributed by atoms with Crippen LogP contribution >= 0.6 is 15.9 Å². The van der Waals surface area contributed by atoms with E-state index in [0.29, 0.717) is 4.67 Å². The zero-order valence-corrected chi connectivity index (χ0v) is 11.6. The molecule has 2 aromatic rings. The summed E-state index contributed by atoms with van der Waals surface area (Å²) in [4.78, 5) is 4.29. The number of hydrogen-bond acceptors (Lipinski definition) is 4. The fourth-order valence-electron chi connectivity index (χ4n) is 1.85. The number of rotatable bonds is 6. The highest BCUT2D eigenvalue weighted by molar-refractivity contribution is 9.10. The summed E-state index contributed by atoms with van der Waals surface area (Å²) in [6.07, 6.45) is 7.97. The van der Waals surface area contributed by atoms with Crippen molar-refractivity contribution in [2.24, 2.45) is 0 Å². The molecule has 0 spiro atoms. The van der Waals surface area contributed by atoms with E-state index in [1.807, 2.05) is 6.07 Å². The number of oxazole rings is 1. The van der Waals surface area contributed by atoms with Gasteiger partial charge in [0, 0.05) is 12.5 Å². The molecule has 0 saturated heterocycles. The van der Waals surface area contributed by atoms with Crippen LogP contribution in [0.15, 0.2) is 32.0 Å². The average Bonchev–Trinajstić information content (AvgIpc) is 2.90. The van der Waals surface area contributed by atoms with Crippen LogP contribution in [0.4, 0.5) is 0 Å². The number of aryl methyl sites for hydroxylation is 1. The Bertz CT molecular complexity index is 517. The predicted molar refractivity (Wildman–Crippen MR) is 71.3 cm³/mol. The van der Waals surface area contributed by atoms with Crippen molar-refractivity contribution in [3.05, 3.63) is 29.1 Å². The number of hydrogen-bond donors (Lipinski definition) is 1. The molecular formula is C13H15BrN2O2. The maximum absolute atomic E-state index is 5.70. The molecule has 96 valence electrons. The maximum atomic E-state index is 5.70. The van der Waals surface area contributed by atoms with Crippen molar-refractivity contribution < 1.29 is 8.83 Å². The van der Waals surface area contributed by atoms with Gasteiger partial charge >= 0.3 is 0 Å². The molecule has 1 N–H and O–H groups in total. The summed E-state index contributed by atoms with van der Waals surface area (Å²) in [5, 5.41) is 3.48.